The number of carbonyl (C=O) groups is 1. The summed E-state index contributed by atoms with van der Waals surface area (Å²) >= 11 is 0. The number of carboxylic acid groups (broad SMARTS) is 1. The molecule has 0 saturated carbocycles. The molecule has 5 rings (SSSR count). The Bertz CT molecular complexity index is 861. The monoisotopic (exact) mass is 427 g/mol. The Hall–Kier alpha value is -2.67. The van der Waals surface area contributed by atoms with Gasteiger partial charge in [0.1, 0.15) is 17.4 Å². The lowest BCUT2D eigenvalue weighted by Crippen LogP contribution is -2.59. The fourth-order valence-electron chi connectivity index (χ4n) is 5.73. The van der Waals surface area contributed by atoms with Crippen LogP contribution in [0.15, 0.2) is 42.6 Å². The third-order valence-electron chi connectivity index (χ3n) is 6.92. The predicted octanol–water partition coefficient (Wildman–Crippen LogP) is 3.98. The Morgan fingerprint density at radius 1 is 1.13 bits per heavy atom. The van der Waals surface area contributed by atoms with Gasteiger partial charge >= 0.3 is 0 Å². The number of hydrogen-bond acceptors (Lipinski definition) is 5. The molecule has 2 aromatic rings. The number of anilines is 1. The Morgan fingerprint density at radius 2 is 1.90 bits per heavy atom. The van der Waals surface area contributed by atoms with Gasteiger partial charge in [0.25, 0.3) is 6.47 Å². The van der Waals surface area contributed by atoms with Crippen LogP contribution in [0.4, 0.5) is 10.2 Å². The first-order chi connectivity index (χ1) is 15.1. The van der Waals surface area contributed by atoms with E-state index < -0.39 is 0 Å². The molecular formula is C24H30FN3O3. The smallest absolute Gasteiger partial charge is 0.290 e. The van der Waals surface area contributed by atoms with E-state index in [2.05, 4.69) is 39.0 Å². The summed E-state index contributed by atoms with van der Waals surface area (Å²) in [4.78, 5) is 17.9. The van der Waals surface area contributed by atoms with E-state index in [1.54, 1.807) is 7.11 Å². The molecule has 0 amide bonds. The van der Waals surface area contributed by atoms with Crippen LogP contribution in [0.2, 0.25) is 0 Å². The van der Waals surface area contributed by atoms with E-state index in [0.717, 1.165) is 31.2 Å². The zero-order chi connectivity index (χ0) is 21.8. The highest BCUT2D eigenvalue weighted by atomic mass is 19.1. The Labute approximate surface area is 182 Å². The number of aromatic nitrogens is 1. The number of ether oxygens (including phenoxy) is 1. The van der Waals surface area contributed by atoms with Crippen LogP contribution in [0.1, 0.15) is 37.3 Å². The summed E-state index contributed by atoms with van der Waals surface area (Å²) in [6.45, 7) is 2.95. The summed E-state index contributed by atoms with van der Waals surface area (Å²) in [6, 6.07) is 13.2. The minimum atomic E-state index is -0.262. The van der Waals surface area contributed by atoms with Crippen LogP contribution in [-0.2, 0) is 4.79 Å². The lowest BCUT2D eigenvalue weighted by molar-refractivity contribution is -0.122. The largest absolute Gasteiger partial charge is 0.497 e. The SMILES string of the molecule is COc1ccc([C@H]2CCC[C@H]3[C@@H]4C[C@@H](CN(c5ccc(F)cn5)C4)CN23)cc1.O=CO. The molecule has 4 heterocycles. The first-order valence-corrected chi connectivity index (χ1v) is 11.0. The van der Waals surface area contributed by atoms with E-state index in [1.807, 2.05) is 6.07 Å². The van der Waals surface area contributed by atoms with Gasteiger partial charge in [0, 0.05) is 31.7 Å². The van der Waals surface area contributed by atoms with Crippen molar-refractivity contribution in [3.8, 4) is 5.75 Å². The molecule has 0 aliphatic carbocycles. The maximum absolute atomic E-state index is 13.3. The summed E-state index contributed by atoms with van der Waals surface area (Å²) < 4.78 is 18.6. The average molecular weight is 428 g/mol. The quantitative estimate of drug-likeness (QED) is 0.748. The second-order valence-corrected chi connectivity index (χ2v) is 8.69. The molecular weight excluding hydrogens is 397 g/mol. The third kappa shape index (κ3) is 4.66. The van der Waals surface area contributed by atoms with Crippen molar-refractivity contribution < 1.29 is 19.0 Å². The van der Waals surface area contributed by atoms with Crippen molar-refractivity contribution in [2.24, 2.45) is 11.8 Å². The second-order valence-electron chi connectivity index (χ2n) is 8.69. The molecule has 3 fully saturated rings. The number of pyridine rings is 1. The summed E-state index contributed by atoms with van der Waals surface area (Å²) in [6.07, 6.45) is 6.47. The van der Waals surface area contributed by atoms with E-state index in [1.165, 1.54) is 43.5 Å². The van der Waals surface area contributed by atoms with Gasteiger partial charge in [0.15, 0.2) is 0 Å². The van der Waals surface area contributed by atoms with Crippen LogP contribution >= 0.6 is 0 Å². The van der Waals surface area contributed by atoms with Gasteiger partial charge in [0.2, 0.25) is 0 Å². The molecule has 1 aromatic carbocycles. The minimum Gasteiger partial charge on any atom is -0.497 e. The number of piperidine rings is 3. The molecule has 3 saturated heterocycles. The summed E-state index contributed by atoms with van der Waals surface area (Å²) in [5.74, 6) is 2.91. The normalized spacial score (nSPS) is 27.5. The molecule has 7 heteroatoms. The standard InChI is InChI=1S/C23H28FN3O.CH2O2/c1-28-20-8-5-17(6-9-20)21-3-2-4-22-18-11-16(14-27(21)22)13-26(15-18)23-10-7-19(24)12-25-23;2-1-3/h5-10,12,16,18,21-22H,2-4,11,13-15H2,1H3;1H,(H,2,3)/t16-,18+,21+,22-;/m0./s1. The topological polar surface area (TPSA) is 65.9 Å². The van der Waals surface area contributed by atoms with E-state index in [9.17, 15) is 4.39 Å². The van der Waals surface area contributed by atoms with Crippen LogP contribution in [0.5, 0.6) is 5.75 Å². The maximum atomic E-state index is 13.3. The Morgan fingerprint density at radius 3 is 2.58 bits per heavy atom. The van der Waals surface area contributed by atoms with Crippen molar-refractivity contribution in [3.63, 3.8) is 0 Å². The molecule has 6 nitrogen and oxygen atoms in total. The van der Waals surface area contributed by atoms with E-state index >= 15 is 0 Å². The summed E-state index contributed by atoms with van der Waals surface area (Å²) in [5.41, 5.74) is 1.42. The number of rotatable bonds is 3. The van der Waals surface area contributed by atoms with E-state index in [4.69, 9.17) is 14.6 Å². The van der Waals surface area contributed by atoms with Gasteiger partial charge in [0.05, 0.1) is 13.3 Å². The Kier molecular flexibility index (Phi) is 6.70. The lowest BCUT2D eigenvalue weighted by Gasteiger charge is -2.55. The van der Waals surface area contributed by atoms with Crippen molar-refractivity contribution in [3.05, 3.63) is 54.0 Å². The maximum Gasteiger partial charge on any atom is 0.290 e. The van der Waals surface area contributed by atoms with Gasteiger partial charge in [-0.2, -0.15) is 0 Å². The lowest BCUT2D eigenvalue weighted by atomic mass is 9.74. The first-order valence-electron chi connectivity index (χ1n) is 11.0. The van der Waals surface area contributed by atoms with Crippen molar-refractivity contribution in [1.29, 1.82) is 0 Å². The van der Waals surface area contributed by atoms with Gasteiger partial charge in [-0.05, 0) is 67.3 Å². The molecule has 31 heavy (non-hydrogen) atoms. The zero-order valence-electron chi connectivity index (χ0n) is 17.9. The predicted molar refractivity (Wildman–Crippen MR) is 117 cm³/mol. The molecule has 0 radical (unpaired) electrons. The highest BCUT2D eigenvalue weighted by Crippen LogP contribution is 2.45. The number of methoxy groups -OCH3 is 1. The van der Waals surface area contributed by atoms with Crippen molar-refractivity contribution in [2.45, 2.75) is 37.8 Å². The van der Waals surface area contributed by atoms with E-state index in [0.29, 0.717) is 23.9 Å². The minimum absolute atomic E-state index is 0.250. The van der Waals surface area contributed by atoms with Crippen molar-refractivity contribution >= 4 is 12.3 Å². The first kappa shape index (κ1) is 21.6. The molecule has 0 spiro atoms. The van der Waals surface area contributed by atoms with Crippen LogP contribution in [0, 0.1) is 17.7 Å². The molecule has 2 bridgehead atoms. The third-order valence-corrected chi connectivity index (χ3v) is 6.92. The van der Waals surface area contributed by atoms with Gasteiger partial charge in [-0.1, -0.05) is 12.1 Å². The van der Waals surface area contributed by atoms with Crippen LogP contribution in [0.3, 0.4) is 0 Å². The van der Waals surface area contributed by atoms with Gasteiger partial charge in [-0.15, -0.1) is 0 Å². The summed E-state index contributed by atoms with van der Waals surface area (Å²) in [5, 5.41) is 6.89. The molecule has 166 valence electrons. The van der Waals surface area contributed by atoms with Crippen molar-refractivity contribution in [2.75, 3.05) is 31.6 Å². The average Bonchev–Trinajstić information content (AvgIpc) is 2.80. The number of halogens is 1. The van der Waals surface area contributed by atoms with Crippen LogP contribution in [0.25, 0.3) is 0 Å². The van der Waals surface area contributed by atoms with E-state index in [-0.39, 0.29) is 12.3 Å². The number of nitrogens with zero attached hydrogens (tertiary/aromatic N) is 3. The van der Waals surface area contributed by atoms with Crippen molar-refractivity contribution in [1.82, 2.24) is 9.88 Å². The molecule has 0 unspecified atom stereocenters. The van der Waals surface area contributed by atoms with Gasteiger partial charge in [-0.25, -0.2) is 9.37 Å². The zero-order valence-corrected chi connectivity index (χ0v) is 17.9. The van der Waals surface area contributed by atoms with Gasteiger partial charge < -0.3 is 14.7 Å². The highest BCUT2D eigenvalue weighted by Gasteiger charge is 2.45. The number of fused-ring (bicyclic) bond motifs is 4. The van der Waals surface area contributed by atoms with Gasteiger partial charge in [-0.3, -0.25) is 9.69 Å². The molecule has 4 atom stereocenters. The fourth-order valence-corrected chi connectivity index (χ4v) is 5.73. The second kappa shape index (κ2) is 9.64. The summed E-state index contributed by atoms with van der Waals surface area (Å²) in [7, 11) is 1.72. The van der Waals surface area contributed by atoms with Crippen LogP contribution < -0.4 is 9.64 Å². The molecule has 1 N–H and O–H groups in total. The Balaban J connectivity index is 0.000000730. The molecule has 3 aliphatic rings. The van der Waals surface area contributed by atoms with Crippen LogP contribution in [-0.4, -0.2) is 54.2 Å². The number of hydrogen-bond donors (Lipinski definition) is 1. The fraction of sp³-hybridized carbons (Fsp3) is 0.500. The molecule has 3 aliphatic heterocycles. The highest BCUT2D eigenvalue weighted by molar-refractivity contribution is 5.39. The number of benzene rings is 1. The molecule has 1 aromatic heterocycles.